The Kier molecular flexibility index (Phi) is 4.68. The van der Waals surface area contributed by atoms with Gasteiger partial charge >= 0.3 is 0 Å². The monoisotopic (exact) mass is 288 g/mol. The first-order valence-corrected chi connectivity index (χ1v) is 7.71. The Hall–Kier alpha value is -1.24. The average Bonchev–Trinajstić information content (AvgIpc) is 2.34. The van der Waals surface area contributed by atoms with Crippen LogP contribution in [-0.2, 0) is 10.8 Å². The molecule has 0 aromatic heterocycles. The quantitative estimate of drug-likeness (QED) is 0.667. The van der Waals surface area contributed by atoms with Crippen molar-refractivity contribution in [3.63, 3.8) is 0 Å². The first kappa shape index (κ1) is 17.8. The SMILES string of the molecule is C=Cc1cc(C(C)(C)C)cc(C(C)(C)C(C)(C)C)c1OC. The van der Waals surface area contributed by atoms with E-state index < -0.39 is 0 Å². The van der Waals surface area contributed by atoms with E-state index in [1.807, 2.05) is 6.08 Å². The second-order valence-corrected chi connectivity index (χ2v) is 8.48. The normalized spacial score (nSPS) is 13.2. The Morgan fingerprint density at radius 2 is 1.48 bits per heavy atom. The van der Waals surface area contributed by atoms with Crippen molar-refractivity contribution in [1.82, 2.24) is 0 Å². The standard InChI is InChI=1S/C20H32O/c1-11-14-12-15(18(2,3)4)13-16(17(14)21-10)20(8,9)19(5,6)7/h11-13H,1H2,2-10H3. The lowest BCUT2D eigenvalue weighted by molar-refractivity contribution is 0.218. The highest BCUT2D eigenvalue weighted by Gasteiger charge is 2.38. The van der Waals surface area contributed by atoms with E-state index >= 15 is 0 Å². The average molecular weight is 288 g/mol. The smallest absolute Gasteiger partial charge is 0.129 e. The zero-order valence-electron chi connectivity index (χ0n) is 15.3. The molecule has 1 nitrogen and oxygen atoms in total. The number of methoxy groups -OCH3 is 1. The van der Waals surface area contributed by atoms with E-state index in [1.165, 1.54) is 11.1 Å². The van der Waals surface area contributed by atoms with Crippen LogP contribution >= 0.6 is 0 Å². The van der Waals surface area contributed by atoms with E-state index in [-0.39, 0.29) is 16.2 Å². The molecule has 0 heterocycles. The molecule has 0 saturated carbocycles. The summed E-state index contributed by atoms with van der Waals surface area (Å²) in [5.41, 5.74) is 3.90. The van der Waals surface area contributed by atoms with Gasteiger partial charge in [0, 0.05) is 11.1 Å². The van der Waals surface area contributed by atoms with Crippen LogP contribution in [0.25, 0.3) is 6.08 Å². The van der Waals surface area contributed by atoms with E-state index in [0.717, 1.165) is 11.3 Å². The number of hydrogen-bond donors (Lipinski definition) is 0. The van der Waals surface area contributed by atoms with Gasteiger partial charge in [-0.2, -0.15) is 0 Å². The number of hydrogen-bond acceptors (Lipinski definition) is 1. The first-order valence-electron chi connectivity index (χ1n) is 7.71. The lowest BCUT2D eigenvalue weighted by Gasteiger charge is -2.41. The van der Waals surface area contributed by atoms with Crippen LogP contribution in [0.4, 0.5) is 0 Å². The Morgan fingerprint density at radius 1 is 0.952 bits per heavy atom. The van der Waals surface area contributed by atoms with Gasteiger partial charge in [0.25, 0.3) is 0 Å². The summed E-state index contributed by atoms with van der Waals surface area (Å²) < 4.78 is 5.75. The van der Waals surface area contributed by atoms with Crippen molar-refractivity contribution in [3.05, 3.63) is 35.4 Å². The molecule has 0 unspecified atom stereocenters. The van der Waals surface area contributed by atoms with Crippen LogP contribution in [0.15, 0.2) is 18.7 Å². The molecule has 0 N–H and O–H groups in total. The molecule has 0 atom stereocenters. The first-order chi connectivity index (χ1) is 9.36. The highest BCUT2D eigenvalue weighted by molar-refractivity contribution is 5.62. The van der Waals surface area contributed by atoms with Gasteiger partial charge in [0.2, 0.25) is 0 Å². The summed E-state index contributed by atoms with van der Waals surface area (Å²) in [6.45, 7) is 22.1. The summed E-state index contributed by atoms with van der Waals surface area (Å²) in [5.74, 6) is 0.956. The van der Waals surface area contributed by atoms with E-state index in [0.29, 0.717) is 0 Å². The van der Waals surface area contributed by atoms with E-state index in [1.54, 1.807) is 7.11 Å². The number of rotatable bonds is 3. The Bertz CT molecular complexity index is 522. The summed E-state index contributed by atoms with van der Waals surface area (Å²) >= 11 is 0. The predicted octanol–water partition coefficient (Wildman–Crippen LogP) is 5.96. The lowest BCUT2D eigenvalue weighted by Crippen LogP contribution is -2.35. The topological polar surface area (TPSA) is 9.23 Å². The van der Waals surface area contributed by atoms with Gasteiger partial charge in [0.15, 0.2) is 0 Å². The van der Waals surface area contributed by atoms with E-state index in [4.69, 9.17) is 4.74 Å². The van der Waals surface area contributed by atoms with E-state index in [2.05, 4.69) is 74.1 Å². The molecule has 0 aliphatic heterocycles. The van der Waals surface area contributed by atoms with Crippen molar-refractivity contribution in [2.75, 3.05) is 7.11 Å². The Labute approximate surface area is 131 Å². The molecule has 1 rings (SSSR count). The highest BCUT2D eigenvalue weighted by atomic mass is 16.5. The maximum absolute atomic E-state index is 5.75. The summed E-state index contributed by atoms with van der Waals surface area (Å²) in [4.78, 5) is 0. The van der Waals surface area contributed by atoms with Gasteiger partial charge in [-0.1, -0.05) is 74.1 Å². The molecule has 0 spiro atoms. The lowest BCUT2D eigenvalue weighted by atomic mass is 9.64. The fourth-order valence-electron chi connectivity index (χ4n) is 2.33. The van der Waals surface area contributed by atoms with Crippen LogP contribution < -0.4 is 4.74 Å². The molecule has 1 heteroatoms. The summed E-state index contributed by atoms with van der Waals surface area (Å²) in [7, 11) is 1.75. The molecule has 1 aromatic rings. The Morgan fingerprint density at radius 3 is 1.81 bits per heavy atom. The minimum atomic E-state index is -0.00262. The molecule has 118 valence electrons. The van der Waals surface area contributed by atoms with Crippen LogP contribution in [0.3, 0.4) is 0 Å². The van der Waals surface area contributed by atoms with Gasteiger partial charge in [-0.05, 0) is 27.9 Å². The molecule has 1 aromatic carbocycles. The molecule has 0 amide bonds. The van der Waals surface area contributed by atoms with Gasteiger partial charge in [-0.15, -0.1) is 0 Å². The van der Waals surface area contributed by atoms with Crippen molar-refractivity contribution in [2.24, 2.45) is 5.41 Å². The van der Waals surface area contributed by atoms with Crippen LogP contribution in [0.1, 0.15) is 72.1 Å². The fourth-order valence-corrected chi connectivity index (χ4v) is 2.33. The fraction of sp³-hybridized carbons (Fsp3) is 0.600. The highest BCUT2D eigenvalue weighted by Crippen LogP contribution is 2.47. The molecular weight excluding hydrogens is 256 g/mol. The van der Waals surface area contributed by atoms with Crippen LogP contribution in [-0.4, -0.2) is 7.11 Å². The maximum Gasteiger partial charge on any atom is 0.129 e. The second kappa shape index (κ2) is 5.51. The molecule has 0 aliphatic carbocycles. The number of ether oxygens (including phenoxy) is 1. The van der Waals surface area contributed by atoms with Crippen molar-refractivity contribution < 1.29 is 4.74 Å². The van der Waals surface area contributed by atoms with Gasteiger partial charge in [-0.3, -0.25) is 0 Å². The maximum atomic E-state index is 5.75. The molecular formula is C20H32O. The summed E-state index contributed by atoms with van der Waals surface area (Å²) in [6, 6.07) is 4.52. The third kappa shape index (κ3) is 3.33. The molecule has 0 radical (unpaired) electrons. The van der Waals surface area contributed by atoms with Crippen molar-refractivity contribution in [2.45, 2.75) is 66.2 Å². The third-order valence-corrected chi connectivity index (χ3v) is 4.96. The van der Waals surface area contributed by atoms with Gasteiger partial charge < -0.3 is 4.74 Å². The molecule has 21 heavy (non-hydrogen) atoms. The summed E-state index contributed by atoms with van der Waals surface area (Å²) in [5, 5.41) is 0. The van der Waals surface area contributed by atoms with Crippen LogP contribution in [0, 0.1) is 5.41 Å². The van der Waals surface area contributed by atoms with Gasteiger partial charge in [-0.25, -0.2) is 0 Å². The van der Waals surface area contributed by atoms with Gasteiger partial charge in [0.1, 0.15) is 5.75 Å². The molecule has 0 saturated heterocycles. The van der Waals surface area contributed by atoms with E-state index in [9.17, 15) is 0 Å². The third-order valence-electron chi connectivity index (χ3n) is 4.96. The second-order valence-electron chi connectivity index (χ2n) is 8.48. The molecule has 0 bridgehead atoms. The molecule has 0 fully saturated rings. The van der Waals surface area contributed by atoms with Crippen molar-refractivity contribution in [3.8, 4) is 5.75 Å². The van der Waals surface area contributed by atoms with Crippen molar-refractivity contribution >= 4 is 6.08 Å². The minimum Gasteiger partial charge on any atom is -0.496 e. The van der Waals surface area contributed by atoms with Gasteiger partial charge in [0.05, 0.1) is 7.11 Å². The van der Waals surface area contributed by atoms with Crippen LogP contribution in [0.2, 0.25) is 0 Å². The van der Waals surface area contributed by atoms with Crippen LogP contribution in [0.5, 0.6) is 5.75 Å². The zero-order valence-corrected chi connectivity index (χ0v) is 15.3. The minimum absolute atomic E-state index is 0.00262. The van der Waals surface area contributed by atoms with Crippen molar-refractivity contribution in [1.29, 1.82) is 0 Å². The largest absolute Gasteiger partial charge is 0.496 e. The zero-order chi connectivity index (χ0) is 16.6. The summed E-state index contributed by atoms with van der Waals surface area (Å²) in [6.07, 6.45) is 1.90. The Balaban J connectivity index is 3.74. The number of benzene rings is 1. The predicted molar refractivity (Wildman–Crippen MR) is 94.3 cm³/mol. The molecule has 0 aliphatic rings.